The monoisotopic (exact) mass is 230 g/mol. The lowest BCUT2D eigenvalue weighted by atomic mass is 9.84. The van der Waals surface area contributed by atoms with Gasteiger partial charge in [-0.1, -0.05) is 32.9 Å². The Labute approximate surface area is 104 Å². The third-order valence-corrected chi connectivity index (χ3v) is 3.28. The summed E-state index contributed by atoms with van der Waals surface area (Å²) in [6.07, 6.45) is 4.10. The molecule has 2 heteroatoms. The van der Waals surface area contributed by atoms with Crippen molar-refractivity contribution in [1.29, 1.82) is 0 Å². The van der Waals surface area contributed by atoms with Gasteiger partial charge < -0.3 is 10.2 Å². The molecular weight excluding hydrogens is 208 g/mol. The molecule has 1 aromatic carbocycles. The van der Waals surface area contributed by atoms with Gasteiger partial charge in [-0.3, -0.25) is 0 Å². The maximum atomic E-state index is 3.22. The van der Waals surface area contributed by atoms with Gasteiger partial charge in [0, 0.05) is 18.1 Å². The largest absolute Gasteiger partial charge is 0.372 e. The summed E-state index contributed by atoms with van der Waals surface area (Å²) in [6.45, 7) is 12.1. The summed E-state index contributed by atoms with van der Waals surface area (Å²) in [7, 11) is 0. The van der Waals surface area contributed by atoms with Crippen molar-refractivity contribution in [2.45, 2.75) is 40.0 Å². The van der Waals surface area contributed by atoms with E-state index in [2.05, 4.69) is 63.2 Å². The fraction of sp³-hybridized carbons (Fsp3) is 0.467. The molecule has 0 spiro atoms. The number of aryl methyl sites for hydroxylation is 2. The van der Waals surface area contributed by atoms with Crippen molar-refractivity contribution in [3.8, 4) is 0 Å². The van der Waals surface area contributed by atoms with Crippen LogP contribution in [0.3, 0.4) is 0 Å². The van der Waals surface area contributed by atoms with E-state index in [1.165, 1.54) is 22.4 Å². The van der Waals surface area contributed by atoms with Crippen molar-refractivity contribution in [1.82, 2.24) is 5.32 Å². The molecule has 0 fully saturated rings. The minimum absolute atomic E-state index is 0.215. The lowest BCUT2D eigenvalue weighted by molar-refractivity contribution is 0.589. The molecule has 92 valence electrons. The van der Waals surface area contributed by atoms with Crippen LogP contribution in [0.2, 0.25) is 0 Å². The summed E-state index contributed by atoms with van der Waals surface area (Å²) < 4.78 is 0. The molecule has 0 amide bonds. The molecule has 0 bridgehead atoms. The predicted molar refractivity (Wildman–Crippen MR) is 74.2 cm³/mol. The van der Waals surface area contributed by atoms with Crippen molar-refractivity contribution in [3.05, 3.63) is 41.2 Å². The average molecular weight is 230 g/mol. The van der Waals surface area contributed by atoms with E-state index in [1.807, 2.05) is 6.20 Å². The molecule has 2 rings (SSSR count). The number of rotatable bonds is 1. The molecule has 0 unspecified atom stereocenters. The van der Waals surface area contributed by atoms with Gasteiger partial charge in [-0.25, -0.2) is 0 Å². The smallest absolute Gasteiger partial charge is 0.0916 e. The van der Waals surface area contributed by atoms with Crippen LogP contribution in [0.15, 0.2) is 24.5 Å². The van der Waals surface area contributed by atoms with Crippen molar-refractivity contribution >= 4 is 5.69 Å². The van der Waals surface area contributed by atoms with E-state index in [9.17, 15) is 0 Å². The first kappa shape index (κ1) is 12.0. The van der Waals surface area contributed by atoms with Crippen LogP contribution in [-0.4, -0.2) is 6.67 Å². The third kappa shape index (κ3) is 2.31. The summed E-state index contributed by atoms with van der Waals surface area (Å²) in [5.74, 6) is 0. The molecular formula is C15H22N2. The lowest BCUT2D eigenvalue weighted by Crippen LogP contribution is -2.22. The number of anilines is 1. The number of benzene rings is 1. The first-order chi connectivity index (χ1) is 7.89. The number of nitrogens with zero attached hydrogens (tertiary/aromatic N) is 1. The maximum absolute atomic E-state index is 3.22. The van der Waals surface area contributed by atoms with E-state index in [1.54, 1.807) is 0 Å². The molecule has 1 heterocycles. The fourth-order valence-electron chi connectivity index (χ4n) is 2.34. The Bertz CT molecular complexity index is 429. The van der Waals surface area contributed by atoms with Crippen LogP contribution >= 0.6 is 0 Å². The quantitative estimate of drug-likeness (QED) is 0.795. The second kappa shape index (κ2) is 4.10. The molecule has 1 aromatic rings. The van der Waals surface area contributed by atoms with Crippen LogP contribution in [0.5, 0.6) is 0 Å². The minimum Gasteiger partial charge on any atom is -0.372 e. The van der Waals surface area contributed by atoms with E-state index >= 15 is 0 Å². The minimum atomic E-state index is 0.215. The first-order valence-electron chi connectivity index (χ1n) is 6.18. The van der Waals surface area contributed by atoms with Crippen LogP contribution in [0, 0.1) is 13.8 Å². The Morgan fingerprint density at radius 3 is 2.12 bits per heavy atom. The van der Waals surface area contributed by atoms with Crippen molar-refractivity contribution in [2.24, 2.45) is 0 Å². The highest BCUT2D eigenvalue weighted by molar-refractivity contribution is 5.63. The molecule has 1 N–H and O–H groups in total. The van der Waals surface area contributed by atoms with Gasteiger partial charge in [-0.15, -0.1) is 0 Å². The fourth-order valence-corrected chi connectivity index (χ4v) is 2.34. The Morgan fingerprint density at radius 2 is 1.71 bits per heavy atom. The summed E-state index contributed by atoms with van der Waals surface area (Å²) in [5, 5.41) is 3.22. The van der Waals surface area contributed by atoms with Gasteiger partial charge in [0.1, 0.15) is 0 Å². The van der Waals surface area contributed by atoms with Crippen LogP contribution in [0.25, 0.3) is 0 Å². The molecule has 1 aliphatic rings. The summed E-state index contributed by atoms with van der Waals surface area (Å²) in [6, 6.07) is 4.63. The second-order valence-electron chi connectivity index (χ2n) is 5.86. The summed E-state index contributed by atoms with van der Waals surface area (Å²) >= 11 is 0. The van der Waals surface area contributed by atoms with Crippen molar-refractivity contribution in [2.75, 3.05) is 11.6 Å². The van der Waals surface area contributed by atoms with E-state index in [0.29, 0.717) is 0 Å². The zero-order chi connectivity index (χ0) is 12.6. The van der Waals surface area contributed by atoms with Crippen LogP contribution in [0.4, 0.5) is 5.69 Å². The molecule has 1 aliphatic heterocycles. The molecule has 17 heavy (non-hydrogen) atoms. The highest BCUT2D eigenvalue weighted by atomic mass is 15.2. The summed E-state index contributed by atoms with van der Waals surface area (Å²) in [4.78, 5) is 2.26. The van der Waals surface area contributed by atoms with Gasteiger partial charge >= 0.3 is 0 Å². The Hall–Kier alpha value is -1.44. The van der Waals surface area contributed by atoms with Gasteiger partial charge in [0.15, 0.2) is 0 Å². The maximum Gasteiger partial charge on any atom is 0.0916 e. The Morgan fingerprint density at radius 1 is 1.12 bits per heavy atom. The Balaban J connectivity index is 2.46. The van der Waals surface area contributed by atoms with E-state index < -0.39 is 0 Å². The van der Waals surface area contributed by atoms with Crippen LogP contribution in [-0.2, 0) is 5.41 Å². The van der Waals surface area contributed by atoms with Crippen LogP contribution < -0.4 is 10.2 Å². The van der Waals surface area contributed by atoms with Crippen molar-refractivity contribution in [3.63, 3.8) is 0 Å². The molecule has 0 radical (unpaired) electrons. The number of nitrogens with one attached hydrogen (secondary N) is 1. The number of hydrogen-bond acceptors (Lipinski definition) is 2. The van der Waals surface area contributed by atoms with Gasteiger partial charge in [0.25, 0.3) is 0 Å². The van der Waals surface area contributed by atoms with Crippen molar-refractivity contribution < 1.29 is 0 Å². The Kier molecular flexibility index (Phi) is 2.90. The average Bonchev–Trinajstić information content (AvgIpc) is 2.68. The van der Waals surface area contributed by atoms with E-state index in [4.69, 9.17) is 0 Å². The SMILES string of the molecule is Cc1cc(C(C)(C)C)cc(C)c1N1C=CNC1. The first-order valence-corrected chi connectivity index (χ1v) is 6.18. The van der Waals surface area contributed by atoms with Gasteiger partial charge in [0.05, 0.1) is 6.67 Å². The van der Waals surface area contributed by atoms with Gasteiger partial charge in [-0.05, 0) is 36.0 Å². The molecule has 0 aromatic heterocycles. The van der Waals surface area contributed by atoms with Gasteiger partial charge in [-0.2, -0.15) is 0 Å². The zero-order valence-electron chi connectivity index (χ0n) is 11.5. The molecule has 0 saturated heterocycles. The topological polar surface area (TPSA) is 15.3 Å². The highest BCUT2D eigenvalue weighted by Crippen LogP contribution is 2.32. The lowest BCUT2D eigenvalue weighted by Gasteiger charge is -2.25. The number of hydrogen-bond donors (Lipinski definition) is 1. The standard InChI is InChI=1S/C15H22N2/c1-11-8-13(15(3,4)5)9-12(2)14(11)17-7-6-16-10-17/h6-9,16H,10H2,1-5H3. The van der Waals surface area contributed by atoms with Crippen LogP contribution in [0.1, 0.15) is 37.5 Å². The van der Waals surface area contributed by atoms with Gasteiger partial charge in [0.2, 0.25) is 0 Å². The van der Waals surface area contributed by atoms with E-state index in [-0.39, 0.29) is 5.41 Å². The molecule has 0 aliphatic carbocycles. The second-order valence-corrected chi connectivity index (χ2v) is 5.86. The third-order valence-electron chi connectivity index (χ3n) is 3.28. The molecule has 0 saturated carbocycles. The molecule has 2 nitrogen and oxygen atoms in total. The van der Waals surface area contributed by atoms with E-state index in [0.717, 1.165) is 6.67 Å². The zero-order valence-corrected chi connectivity index (χ0v) is 11.5. The normalized spacial score (nSPS) is 15.2. The summed E-state index contributed by atoms with van der Waals surface area (Å²) in [5.41, 5.74) is 5.66. The molecule has 0 atom stereocenters. The predicted octanol–water partition coefficient (Wildman–Crippen LogP) is 3.44. The highest BCUT2D eigenvalue weighted by Gasteiger charge is 2.18.